The van der Waals surface area contributed by atoms with Crippen molar-refractivity contribution in [1.29, 1.82) is 0 Å². The van der Waals surface area contributed by atoms with Crippen LogP contribution in [0.5, 0.6) is 0 Å². The van der Waals surface area contributed by atoms with Gasteiger partial charge >= 0.3 is 0 Å². The van der Waals surface area contributed by atoms with Crippen molar-refractivity contribution in [2.45, 2.75) is 17.9 Å². The Hall–Kier alpha value is -2.33. The third-order valence-electron chi connectivity index (χ3n) is 3.55. The number of rotatable bonds is 8. The van der Waals surface area contributed by atoms with Crippen molar-refractivity contribution < 1.29 is 23.6 Å². The molecule has 0 aliphatic heterocycles. The van der Waals surface area contributed by atoms with E-state index in [0.717, 1.165) is 0 Å². The van der Waals surface area contributed by atoms with Gasteiger partial charge in [-0.3, -0.25) is 10.1 Å². The van der Waals surface area contributed by atoms with Crippen molar-refractivity contribution in [1.82, 2.24) is 4.72 Å². The van der Waals surface area contributed by atoms with E-state index in [1.165, 1.54) is 24.3 Å². The monoisotopic (exact) mass is 366 g/mol. The number of benzene rings is 2. The molecule has 2 rings (SSSR count). The highest BCUT2D eigenvalue weighted by Crippen LogP contribution is 2.21. The lowest BCUT2D eigenvalue weighted by Gasteiger charge is -2.22. The van der Waals surface area contributed by atoms with Crippen LogP contribution in [0.2, 0.25) is 0 Å². The zero-order valence-electron chi connectivity index (χ0n) is 13.1. The number of nitrogens with zero attached hydrogens (tertiary/aromatic N) is 1. The Morgan fingerprint density at radius 1 is 1.08 bits per heavy atom. The van der Waals surface area contributed by atoms with Gasteiger partial charge in [0.25, 0.3) is 5.69 Å². The maximum atomic E-state index is 12.2. The molecule has 2 aromatic carbocycles. The molecule has 2 aromatic rings. The molecule has 0 heterocycles. The van der Waals surface area contributed by atoms with E-state index in [-0.39, 0.29) is 17.0 Å². The number of nitro groups is 1. The van der Waals surface area contributed by atoms with Crippen molar-refractivity contribution in [2.75, 3.05) is 6.61 Å². The average molecular weight is 366 g/mol. The maximum absolute atomic E-state index is 12.2. The summed E-state index contributed by atoms with van der Waals surface area (Å²) in [7, 11) is -3.80. The molecule has 0 saturated carbocycles. The lowest BCUT2D eigenvalue weighted by Crippen LogP contribution is -2.42. The Balaban J connectivity index is 2.11. The molecule has 0 radical (unpaired) electrons. The molecule has 134 valence electrons. The van der Waals surface area contributed by atoms with Gasteiger partial charge in [0, 0.05) is 12.1 Å². The first kappa shape index (κ1) is 19.0. The molecule has 3 N–H and O–H groups in total. The molecule has 0 spiro atoms. The van der Waals surface area contributed by atoms with Gasteiger partial charge in [-0.1, -0.05) is 30.3 Å². The normalized spacial score (nSPS) is 14.0. The van der Waals surface area contributed by atoms with Crippen molar-refractivity contribution >= 4 is 15.7 Å². The molecular formula is C16H18N2O6S. The van der Waals surface area contributed by atoms with Crippen LogP contribution < -0.4 is 4.72 Å². The highest BCUT2D eigenvalue weighted by atomic mass is 32.2. The fourth-order valence-corrected chi connectivity index (χ4v) is 3.67. The summed E-state index contributed by atoms with van der Waals surface area (Å²) >= 11 is 0. The van der Waals surface area contributed by atoms with Crippen LogP contribution in [0.25, 0.3) is 0 Å². The minimum atomic E-state index is -3.80. The predicted molar refractivity (Wildman–Crippen MR) is 91.1 cm³/mol. The molecule has 0 saturated heterocycles. The molecule has 0 aliphatic rings. The third kappa shape index (κ3) is 5.33. The van der Waals surface area contributed by atoms with Crippen LogP contribution in [-0.4, -0.2) is 36.2 Å². The molecule has 25 heavy (non-hydrogen) atoms. The Kier molecular flexibility index (Phi) is 6.21. The standard InChI is InChI=1S/C16H18N2O6S/c19-10-15(16(20)13-6-8-14(9-7-13)18(21)22)17-25(23,24)11-12-4-2-1-3-5-12/h1-9,15-17,19-20H,10-11H2/t15-,16+/m1/s1. The summed E-state index contributed by atoms with van der Waals surface area (Å²) in [6.07, 6.45) is -1.35. The van der Waals surface area contributed by atoms with Crippen molar-refractivity contribution in [3.05, 3.63) is 75.8 Å². The molecule has 0 aliphatic carbocycles. The Labute approximate surface area is 145 Å². The number of nitrogens with one attached hydrogen (secondary N) is 1. The van der Waals surface area contributed by atoms with Gasteiger partial charge in [-0.2, -0.15) is 0 Å². The minimum Gasteiger partial charge on any atom is -0.395 e. The maximum Gasteiger partial charge on any atom is 0.269 e. The summed E-state index contributed by atoms with van der Waals surface area (Å²) in [5.41, 5.74) is 0.671. The van der Waals surface area contributed by atoms with Gasteiger partial charge in [-0.05, 0) is 23.3 Å². The quantitative estimate of drug-likeness (QED) is 0.474. The van der Waals surface area contributed by atoms with E-state index in [1.54, 1.807) is 30.3 Å². The van der Waals surface area contributed by atoms with Crippen LogP contribution >= 0.6 is 0 Å². The van der Waals surface area contributed by atoms with Crippen molar-refractivity contribution in [3.8, 4) is 0 Å². The highest BCUT2D eigenvalue weighted by Gasteiger charge is 2.26. The largest absolute Gasteiger partial charge is 0.395 e. The van der Waals surface area contributed by atoms with Gasteiger partial charge in [0.1, 0.15) is 0 Å². The van der Waals surface area contributed by atoms with E-state index in [0.29, 0.717) is 5.56 Å². The van der Waals surface area contributed by atoms with Crippen molar-refractivity contribution in [3.63, 3.8) is 0 Å². The minimum absolute atomic E-state index is 0.152. The fraction of sp³-hybridized carbons (Fsp3) is 0.250. The molecule has 0 fully saturated rings. The first-order valence-corrected chi connectivity index (χ1v) is 9.05. The summed E-state index contributed by atoms with van der Waals surface area (Å²) in [4.78, 5) is 10.1. The number of aliphatic hydroxyl groups excluding tert-OH is 2. The summed E-state index contributed by atoms with van der Waals surface area (Å²) in [6.45, 7) is -0.633. The molecule has 8 nitrogen and oxygen atoms in total. The van der Waals surface area contributed by atoms with Crippen molar-refractivity contribution in [2.24, 2.45) is 0 Å². The second kappa shape index (κ2) is 8.17. The fourth-order valence-electron chi connectivity index (χ4n) is 2.29. The van der Waals surface area contributed by atoms with Gasteiger partial charge in [-0.15, -0.1) is 0 Å². The molecule has 9 heteroatoms. The zero-order chi connectivity index (χ0) is 18.4. The summed E-state index contributed by atoms with van der Waals surface area (Å²) < 4.78 is 26.7. The van der Waals surface area contributed by atoms with Gasteiger partial charge in [0.05, 0.1) is 29.4 Å². The first-order chi connectivity index (χ1) is 11.8. The van der Waals surface area contributed by atoms with Crippen LogP contribution in [0.1, 0.15) is 17.2 Å². The Morgan fingerprint density at radius 2 is 1.68 bits per heavy atom. The SMILES string of the molecule is O=[N+]([O-])c1ccc([C@H](O)[C@@H](CO)NS(=O)(=O)Cc2ccccc2)cc1. The molecule has 2 atom stereocenters. The van der Waals surface area contributed by atoms with E-state index in [2.05, 4.69) is 4.72 Å². The summed E-state index contributed by atoms with van der Waals surface area (Å²) in [5, 5.41) is 30.4. The van der Waals surface area contributed by atoms with Crippen LogP contribution in [0, 0.1) is 10.1 Å². The number of aliphatic hydroxyl groups is 2. The third-order valence-corrected chi connectivity index (χ3v) is 4.93. The van der Waals surface area contributed by atoms with Crippen LogP contribution in [0.3, 0.4) is 0 Å². The number of non-ortho nitro benzene ring substituents is 1. The second-order valence-corrected chi connectivity index (χ2v) is 7.20. The van der Waals surface area contributed by atoms with Crippen LogP contribution in [0.4, 0.5) is 5.69 Å². The predicted octanol–water partition coefficient (Wildman–Crippen LogP) is 1.11. The Morgan fingerprint density at radius 3 is 2.20 bits per heavy atom. The smallest absolute Gasteiger partial charge is 0.269 e. The summed E-state index contributed by atoms with van der Waals surface area (Å²) in [6, 6.07) is 12.3. The van der Waals surface area contributed by atoms with Gasteiger partial charge in [0.2, 0.25) is 10.0 Å². The molecule has 0 amide bonds. The lowest BCUT2D eigenvalue weighted by molar-refractivity contribution is -0.384. The van der Waals surface area contributed by atoms with E-state index >= 15 is 0 Å². The van der Waals surface area contributed by atoms with E-state index in [9.17, 15) is 28.7 Å². The van der Waals surface area contributed by atoms with Gasteiger partial charge < -0.3 is 10.2 Å². The van der Waals surface area contributed by atoms with E-state index in [1.807, 2.05) is 0 Å². The number of nitro benzene ring substituents is 1. The van der Waals surface area contributed by atoms with Crippen LogP contribution in [0.15, 0.2) is 54.6 Å². The number of hydrogen-bond acceptors (Lipinski definition) is 6. The topological polar surface area (TPSA) is 130 Å². The molecule has 0 bridgehead atoms. The number of hydrogen-bond donors (Lipinski definition) is 3. The first-order valence-electron chi connectivity index (χ1n) is 7.39. The highest BCUT2D eigenvalue weighted by molar-refractivity contribution is 7.88. The summed E-state index contributed by atoms with van der Waals surface area (Å²) in [5.74, 6) is -0.294. The Bertz CT molecular complexity index is 808. The van der Waals surface area contributed by atoms with Crippen LogP contribution in [-0.2, 0) is 15.8 Å². The molecule has 0 aromatic heterocycles. The van der Waals surface area contributed by atoms with E-state index < -0.39 is 33.7 Å². The lowest BCUT2D eigenvalue weighted by atomic mass is 10.0. The van der Waals surface area contributed by atoms with Gasteiger partial charge in [-0.25, -0.2) is 13.1 Å². The van der Waals surface area contributed by atoms with E-state index in [4.69, 9.17) is 0 Å². The zero-order valence-corrected chi connectivity index (χ0v) is 14.0. The molecule has 0 unspecified atom stereocenters. The molecular weight excluding hydrogens is 348 g/mol. The second-order valence-electron chi connectivity index (χ2n) is 5.45. The average Bonchev–Trinajstić information content (AvgIpc) is 2.59. The van der Waals surface area contributed by atoms with Gasteiger partial charge in [0.15, 0.2) is 0 Å². The number of sulfonamides is 1.